The third-order valence-corrected chi connectivity index (χ3v) is 11.3. The molecule has 0 heterocycles. The molecule has 0 radical (unpaired) electrons. The molecule has 6 heteroatoms. The number of esters is 1. The fourth-order valence-corrected chi connectivity index (χ4v) is 7.48. The van der Waals surface area contributed by atoms with Gasteiger partial charge in [-0.1, -0.05) is 193 Å². The Morgan fingerprint density at radius 1 is 0.500 bits per heavy atom. The number of unbranched alkanes of at least 4 members (excludes halogenated alkanes) is 28. The molecule has 1 amide bonds. The van der Waals surface area contributed by atoms with Gasteiger partial charge in [0.2, 0.25) is 5.91 Å². The van der Waals surface area contributed by atoms with E-state index in [0.717, 1.165) is 70.6 Å². The van der Waals surface area contributed by atoms with Crippen molar-refractivity contribution < 1.29 is 24.5 Å². The highest BCUT2D eigenvalue weighted by Gasteiger charge is 2.24. The van der Waals surface area contributed by atoms with Crippen molar-refractivity contribution in [2.24, 2.45) is 0 Å². The van der Waals surface area contributed by atoms with Gasteiger partial charge in [-0.25, -0.2) is 0 Å². The lowest BCUT2D eigenvalue weighted by Gasteiger charge is -2.24. The monoisotopic (exact) mass is 790 g/mol. The predicted molar refractivity (Wildman–Crippen MR) is 241 cm³/mol. The second kappa shape index (κ2) is 44.4. The number of rotatable bonds is 44. The second-order valence-electron chi connectivity index (χ2n) is 16.9. The molecular formula is C50H95NO5. The van der Waals surface area contributed by atoms with Crippen LogP contribution in [0.15, 0.2) is 24.3 Å². The molecule has 3 atom stereocenters. The highest BCUT2D eigenvalue weighted by Crippen LogP contribution is 2.17. The minimum absolute atomic E-state index is 0.0671. The van der Waals surface area contributed by atoms with Crippen molar-refractivity contribution in [2.75, 3.05) is 6.61 Å². The first-order chi connectivity index (χ1) is 27.5. The van der Waals surface area contributed by atoms with Crippen LogP contribution < -0.4 is 5.32 Å². The van der Waals surface area contributed by atoms with Crippen LogP contribution in [0.2, 0.25) is 0 Å². The molecule has 3 unspecified atom stereocenters. The summed E-state index contributed by atoms with van der Waals surface area (Å²) in [6.07, 6.45) is 49.5. The molecule has 0 aromatic carbocycles. The van der Waals surface area contributed by atoms with E-state index < -0.39 is 18.2 Å². The molecule has 6 nitrogen and oxygen atoms in total. The van der Waals surface area contributed by atoms with Gasteiger partial charge in [-0.15, -0.1) is 0 Å². The van der Waals surface area contributed by atoms with E-state index in [-0.39, 0.29) is 24.9 Å². The number of amides is 1. The summed E-state index contributed by atoms with van der Waals surface area (Å²) >= 11 is 0. The van der Waals surface area contributed by atoms with Crippen molar-refractivity contribution in [3.63, 3.8) is 0 Å². The third-order valence-electron chi connectivity index (χ3n) is 11.3. The van der Waals surface area contributed by atoms with Gasteiger partial charge in [-0.2, -0.15) is 0 Å². The second-order valence-corrected chi connectivity index (χ2v) is 16.9. The Morgan fingerprint density at radius 3 is 1.32 bits per heavy atom. The number of nitrogens with one attached hydrogen (secondary N) is 1. The first kappa shape index (κ1) is 54.3. The van der Waals surface area contributed by atoms with E-state index in [2.05, 4.69) is 50.4 Å². The first-order valence-electron chi connectivity index (χ1n) is 24.6. The smallest absolute Gasteiger partial charge is 0.306 e. The van der Waals surface area contributed by atoms with Crippen LogP contribution in [0.4, 0.5) is 0 Å². The van der Waals surface area contributed by atoms with Gasteiger partial charge < -0.3 is 20.3 Å². The van der Waals surface area contributed by atoms with Gasteiger partial charge in [-0.05, 0) is 77.0 Å². The highest BCUT2D eigenvalue weighted by atomic mass is 16.5. The molecule has 56 heavy (non-hydrogen) atoms. The quantitative estimate of drug-likeness (QED) is 0.0324. The van der Waals surface area contributed by atoms with Crippen LogP contribution >= 0.6 is 0 Å². The van der Waals surface area contributed by atoms with Crippen LogP contribution in [0, 0.1) is 0 Å². The van der Waals surface area contributed by atoms with Crippen LogP contribution in [0.5, 0.6) is 0 Å². The third kappa shape index (κ3) is 39.2. The van der Waals surface area contributed by atoms with Crippen LogP contribution in [0.3, 0.4) is 0 Å². The van der Waals surface area contributed by atoms with E-state index in [4.69, 9.17) is 4.74 Å². The normalized spacial score (nSPS) is 13.4. The summed E-state index contributed by atoms with van der Waals surface area (Å²) < 4.78 is 5.91. The summed E-state index contributed by atoms with van der Waals surface area (Å²) in [5.74, 6) is -0.492. The summed E-state index contributed by atoms with van der Waals surface area (Å²) in [5.41, 5.74) is 0. The van der Waals surface area contributed by atoms with E-state index in [1.807, 2.05) is 0 Å². The molecule has 0 saturated carbocycles. The molecule has 0 aliphatic heterocycles. The van der Waals surface area contributed by atoms with Crippen molar-refractivity contribution in [2.45, 2.75) is 277 Å². The minimum Gasteiger partial charge on any atom is -0.462 e. The highest BCUT2D eigenvalue weighted by molar-refractivity contribution is 5.77. The van der Waals surface area contributed by atoms with Crippen LogP contribution in [0.25, 0.3) is 0 Å². The Labute approximate surface area is 348 Å². The summed E-state index contributed by atoms with van der Waals surface area (Å²) in [4.78, 5) is 26.0. The van der Waals surface area contributed by atoms with E-state index in [1.165, 1.54) is 141 Å². The van der Waals surface area contributed by atoms with Gasteiger partial charge in [0.15, 0.2) is 0 Å². The lowest BCUT2D eigenvalue weighted by atomic mass is 10.0. The number of hydrogen-bond donors (Lipinski definition) is 3. The molecule has 0 spiro atoms. The maximum Gasteiger partial charge on any atom is 0.306 e. The van der Waals surface area contributed by atoms with Crippen LogP contribution in [-0.2, 0) is 14.3 Å². The maximum atomic E-state index is 13.1. The van der Waals surface area contributed by atoms with Crippen molar-refractivity contribution in [3.8, 4) is 0 Å². The zero-order valence-corrected chi connectivity index (χ0v) is 37.5. The lowest BCUT2D eigenvalue weighted by molar-refractivity contribution is -0.151. The molecular weight excluding hydrogens is 695 g/mol. The maximum absolute atomic E-state index is 13.1. The fraction of sp³-hybridized carbons (Fsp3) is 0.880. The molecule has 0 aliphatic carbocycles. The standard InChI is InChI=1S/C50H95NO5/c1-4-7-10-13-16-19-21-23-24-25-26-27-30-32-35-38-41-46(56-50(55)43-40-37-34-31-28-22-20-17-14-11-8-5-2)44-49(54)51-47(45-52)48(53)42-39-36-33-29-18-15-12-9-6-3/h17,20,26-27,46-48,52-53H,4-16,18-19,21-25,28-45H2,1-3H3,(H,51,54)/b20-17-,27-26+. The van der Waals surface area contributed by atoms with Gasteiger partial charge in [0, 0.05) is 6.42 Å². The summed E-state index contributed by atoms with van der Waals surface area (Å²) in [5, 5.41) is 23.6. The van der Waals surface area contributed by atoms with E-state index in [0.29, 0.717) is 19.3 Å². The molecule has 0 saturated heterocycles. The molecule has 0 bridgehead atoms. The first-order valence-corrected chi connectivity index (χ1v) is 24.6. The van der Waals surface area contributed by atoms with Gasteiger partial charge in [0.25, 0.3) is 0 Å². The largest absolute Gasteiger partial charge is 0.462 e. The topological polar surface area (TPSA) is 95.9 Å². The number of hydrogen-bond acceptors (Lipinski definition) is 5. The van der Waals surface area contributed by atoms with Gasteiger partial charge in [0.05, 0.1) is 25.2 Å². The molecule has 0 rings (SSSR count). The average Bonchev–Trinajstić information content (AvgIpc) is 3.19. The fourth-order valence-electron chi connectivity index (χ4n) is 7.48. The van der Waals surface area contributed by atoms with Crippen molar-refractivity contribution in [3.05, 3.63) is 24.3 Å². The van der Waals surface area contributed by atoms with Crippen LogP contribution in [-0.4, -0.2) is 46.9 Å². The van der Waals surface area contributed by atoms with Crippen molar-refractivity contribution in [1.82, 2.24) is 5.32 Å². The van der Waals surface area contributed by atoms with Gasteiger partial charge in [0.1, 0.15) is 6.10 Å². The Morgan fingerprint density at radius 2 is 0.857 bits per heavy atom. The number of carbonyl (C=O) groups excluding carboxylic acids is 2. The number of allylic oxidation sites excluding steroid dienone is 4. The molecule has 3 N–H and O–H groups in total. The van der Waals surface area contributed by atoms with Gasteiger partial charge >= 0.3 is 5.97 Å². The van der Waals surface area contributed by atoms with Crippen molar-refractivity contribution >= 4 is 11.9 Å². The zero-order chi connectivity index (χ0) is 41.0. The number of ether oxygens (including phenoxy) is 1. The summed E-state index contributed by atoms with van der Waals surface area (Å²) in [6.45, 7) is 6.44. The van der Waals surface area contributed by atoms with E-state index >= 15 is 0 Å². The average molecular weight is 790 g/mol. The summed E-state index contributed by atoms with van der Waals surface area (Å²) in [6, 6.07) is -0.702. The number of aliphatic hydroxyl groups is 2. The molecule has 0 aromatic heterocycles. The number of aliphatic hydroxyl groups excluding tert-OH is 2. The zero-order valence-electron chi connectivity index (χ0n) is 37.5. The number of carbonyl (C=O) groups is 2. The Balaban J connectivity index is 4.60. The Kier molecular flexibility index (Phi) is 43.1. The Hall–Kier alpha value is -1.66. The Bertz CT molecular complexity index is 889. The SMILES string of the molecule is CCCCC/C=C\CCCCCCCC(=O)OC(CCCCC/C=C/CCCCCCCCCCC)CC(=O)NC(CO)C(O)CCCCCCCCCCC. The molecule has 0 fully saturated rings. The van der Waals surface area contributed by atoms with E-state index in [1.54, 1.807) is 0 Å². The van der Waals surface area contributed by atoms with Gasteiger partial charge in [-0.3, -0.25) is 9.59 Å². The molecule has 0 aromatic rings. The summed E-state index contributed by atoms with van der Waals surface area (Å²) in [7, 11) is 0. The predicted octanol–water partition coefficient (Wildman–Crippen LogP) is 14.3. The minimum atomic E-state index is -0.787. The van der Waals surface area contributed by atoms with E-state index in [9.17, 15) is 19.8 Å². The molecule has 330 valence electrons. The van der Waals surface area contributed by atoms with Crippen LogP contribution in [0.1, 0.15) is 258 Å². The lowest BCUT2D eigenvalue weighted by Crippen LogP contribution is -2.46. The van der Waals surface area contributed by atoms with Crippen molar-refractivity contribution in [1.29, 1.82) is 0 Å². The molecule has 0 aliphatic rings.